The van der Waals surface area contributed by atoms with Crippen LogP contribution < -0.4 is 4.90 Å². The summed E-state index contributed by atoms with van der Waals surface area (Å²) in [4.78, 5) is 1.30. The first kappa shape index (κ1) is 4.79. The van der Waals surface area contributed by atoms with Gasteiger partial charge in [0.2, 0.25) is 0 Å². The molecule has 104 valence electrons. The Labute approximate surface area is 145 Å². The number of likely N-dealkylation sites (N-methyl/N-ethyl adjacent to an activating group) is 1. The molecule has 1 atom stereocenters. The lowest BCUT2D eigenvalue weighted by Gasteiger charge is -2.36. The second-order valence-corrected chi connectivity index (χ2v) is 5.17. The number of nitrogens with zero attached hydrogens (tertiary/aromatic N) is 2. The molecule has 2 nitrogen and oxygen atoms in total. The van der Waals surface area contributed by atoms with Crippen molar-refractivity contribution in [2.24, 2.45) is 0 Å². The Bertz CT molecular complexity index is 1100. The summed E-state index contributed by atoms with van der Waals surface area (Å²) in [6, 6.07) is 1.08. The van der Waals surface area contributed by atoms with E-state index in [9.17, 15) is 0 Å². The normalized spacial score (nSPS) is 28.6. The summed E-state index contributed by atoms with van der Waals surface area (Å²) < 4.78 is 112. The van der Waals surface area contributed by atoms with E-state index in [-0.39, 0.29) is 21.2 Å². The third-order valence-corrected chi connectivity index (χ3v) is 3.91. The van der Waals surface area contributed by atoms with E-state index in [1.807, 2.05) is 0 Å². The van der Waals surface area contributed by atoms with Gasteiger partial charge in [0.15, 0.2) is 0 Å². The SMILES string of the molecule is [2H]c1c([2H])c([2H])c2c(c1[2H])Sc1ccccc1N2CC([2H])(N(C([2H])([2H])[2H])C([2H])([2H])[2H])C([2H])([2H])[2H]. The van der Waals surface area contributed by atoms with E-state index < -0.39 is 57.5 Å². The monoisotopic (exact) mass is 298 g/mol. The summed E-state index contributed by atoms with van der Waals surface area (Å²) in [6.45, 7) is -11.5. The maximum absolute atomic E-state index is 8.78. The molecule has 0 radical (unpaired) electrons. The minimum absolute atomic E-state index is 0.0481. The number of hydrogen-bond donors (Lipinski definition) is 0. The average Bonchev–Trinajstić information content (AvgIpc) is 2.67. The molecule has 0 spiro atoms. The van der Waals surface area contributed by atoms with Crippen molar-refractivity contribution in [1.82, 2.24) is 4.90 Å². The van der Waals surface area contributed by atoms with E-state index in [0.29, 0.717) is 4.90 Å². The molecule has 3 heteroatoms. The van der Waals surface area contributed by atoms with Gasteiger partial charge < -0.3 is 9.80 Å². The highest BCUT2D eigenvalue weighted by atomic mass is 32.2. The van der Waals surface area contributed by atoms with Crippen LogP contribution in [0.1, 0.15) is 26.0 Å². The Morgan fingerprint density at radius 2 is 2.10 bits per heavy atom. The van der Waals surface area contributed by atoms with Crippen LogP contribution in [0.5, 0.6) is 0 Å². The van der Waals surface area contributed by atoms with E-state index >= 15 is 0 Å². The predicted molar refractivity (Wildman–Crippen MR) is 87.2 cm³/mol. The van der Waals surface area contributed by atoms with Crippen LogP contribution in [0.2, 0.25) is 0 Å². The number of anilines is 2. The Kier molecular flexibility index (Phi) is 1.32. The fourth-order valence-corrected chi connectivity index (χ4v) is 2.95. The van der Waals surface area contributed by atoms with Gasteiger partial charge in [-0.25, -0.2) is 0 Å². The van der Waals surface area contributed by atoms with Crippen molar-refractivity contribution in [3.63, 3.8) is 0 Å². The Hall–Kier alpha value is -1.45. The van der Waals surface area contributed by atoms with Crippen molar-refractivity contribution in [1.29, 1.82) is 0 Å². The van der Waals surface area contributed by atoms with E-state index in [0.717, 1.165) is 16.7 Å². The molecule has 3 rings (SSSR count). The van der Waals surface area contributed by atoms with Crippen LogP contribution >= 0.6 is 11.8 Å². The highest BCUT2D eigenvalue weighted by molar-refractivity contribution is 7.99. The quantitative estimate of drug-likeness (QED) is 0.837. The molecule has 2 aromatic rings. The summed E-state index contributed by atoms with van der Waals surface area (Å²) in [7, 11) is 0. The third kappa shape index (κ3) is 2.43. The van der Waals surface area contributed by atoms with Crippen LogP contribution in [0, 0.1) is 0 Å². The summed E-state index contributed by atoms with van der Waals surface area (Å²) >= 11 is 1.01. The maximum atomic E-state index is 8.78. The molecule has 1 unspecified atom stereocenters. The second-order valence-electron chi connectivity index (χ2n) is 4.12. The molecule has 0 fully saturated rings. The van der Waals surface area contributed by atoms with Crippen LogP contribution in [-0.4, -0.2) is 31.4 Å². The van der Waals surface area contributed by atoms with Gasteiger partial charge in [-0.05, 0) is 45.0 Å². The van der Waals surface area contributed by atoms with Crippen LogP contribution in [0.3, 0.4) is 0 Å². The van der Waals surface area contributed by atoms with E-state index in [1.165, 1.54) is 6.07 Å². The molecule has 0 bridgehead atoms. The van der Waals surface area contributed by atoms with Gasteiger partial charge in [0.05, 0.1) is 16.9 Å². The smallest absolute Gasteiger partial charge is 0.0645 e. The number of fused-ring (bicyclic) bond motifs is 2. The van der Waals surface area contributed by atoms with Crippen LogP contribution in [-0.2, 0) is 0 Å². The molecule has 0 saturated carbocycles. The van der Waals surface area contributed by atoms with Crippen molar-refractivity contribution in [2.45, 2.75) is 22.7 Å². The van der Waals surface area contributed by atoms with Crippen molar-refractivity contribution in [3.05, 3.63) is 48.4 Å². The van der Waals surface area contributed by atoms with Gasteiger partial charge in [-0.15, -0.1) is 0 Å². The Balaban J connectivity index is 2.35. The van der Waals surface area contributed by atoms with Crippen LogP contribution in [0.15, 0.2) is 58.2 Å². The lowest BCUT2D eigenvalue weighted by Crippen LogP contribution is -2.37. The number of hydrogen-bond acceptors (Lipinski definition) is 3. The van der Waals surface area contributed by atoms with E-state index in [4.69, 9.17) is 19.2 Å². The zero-order chi connectivity index (χ0) is 26.0. The molecular formula is C17H20N2S. The minimum atomic E-state index is -3.50. The zero-order valence-corrected chi connectivity index (χ0v) is 11.1. The first-order valence-electron chi connectivity index (χ1n) is 12.8. The fourth-order valence-electron chi connectivity index (χ4n) is 1.94. The van der Waals surface area contributed by atoms with Crippen molar-refractivity contribution >= 4 is 23.1 Å². The molecule has 1 aliphatic heterocycles. The average molecular weight is 299 g/mol. The first-order chi connectivity index (χ1) is 15.3. The molecule has 0 saturated heterocycles. The number of para-hydroxylation sites is 2. The third-order valence-electron chi connectivity index (χ3n) is 2.85. The molecule has 0 amide bonds. The largest absolute Gasteiger partial charge is 0.338 e. The predicted octanol–water partition coefficient (Wildman–Crippen LogP) is 4.24. The van der Waals surface area contributed by atoms with Gasteiger partial charge in [-0.2, -0.15) is 0 Å². The van der Waals surface area contributed by atoms with Gasteiger partial charge in [-0.3, -0.25) is 0 Å². The highest BCUT2D eigenvalue weighted by Gasteiger charge is 2.24. The topological polar surface area (TPSA) is 6.48 Å². The Morgan fingerprint density at radius 1 is 1.25 bits per heavy atom. The Morgan fingerprint density at radius 3 is 2.95 bits per heavy atom. The summed E-state index contributed by atoms with van der Waals surface area (Å²) in [5, 5.41) is 0. The van der Waals surface area contributed by atoms with Gasteiger partial charge in [0.1, 0.15) is 0 Å². The van der Waals surface area contributed by atoms with Crippen molar-refractivity contribution in [2.75, 3.05) is 25.4 Å². The lowest BCUT2D eigenvalue weighted by atomic mass is 10.2. The standard InChI is InChI=1S/C17H20N2S/c1-13(18(2)3)12-19-14-8-4-6-10-16(14)20-17-11-7-5-9-15(17)19/h4-11,13H,12H2,1-3H3/i1D3,2D3,3D3,4D,6D,8D,10D,13D. The van der Waals surface area contributed by atoms with Crippen LogP contribution in [0.25, 0.3) is 0 Å². The van der Waals surface area contributed by atoms with Crippen LogP contribution in [0.4, 0.5) is 11.4 Å². The minimum Gasteiger partial charge on any atom is -0.338 e. The molecule has 0 aliphatic carbocycles. The number of rotatable bonds is 3. The molecule has 2 aromatic carbocycles. The molecular weight excluding hydrogens is 264 g/mol. The first-order valence-corrected chi connectivity index (χ1v) is 6.59. The summed E-state index contributed by atoms with van der Waals surface area (Å²) in [5.41, 5.74) is 0.0912. The van der Waals surface area contributed by atoms with Crippen molar-refractivity contribution < 1.29 is 19.2 Å². The second kappa shape index (κ2) is 5.51. The van der Waals surface area contributed by atoms with Gasteiger partial charge >= 0.3 is 0 Å². The van der Waals surface area contributed by atoms with Gasteiger partial charge in [-0.1, -0.05) is 36.0 Å². The molecule has 20 heavy (non-hydrogen) atoms. The summed E-state index contributed by atoms with van der Waals surface area (Å²) in [5.74, 6) is 0. The maximum Gasteiger partial charge on any atom is 0.0645 e. The zero-order valence-electron chi connectivity index (χ0n) is 24.3. The van der Waals surface area contributed by atoms with E-state index in [1.54, 1.807) is 18.2 Å². The highest BCUT2D eigenvalue weighted by Crippen LogP contribution is 2.47. The molecule has 1 aliphatic rings. The molecule has 0 N–H and O–H groups in total. The summed E-state index contributed by atoms with van der Waals surface area (Å²) in [6.07, 6.45) is 0. The fraction of sp³-hybridized carbons (Fsp3) is 0.294. The molecule has 0 aromatic heterocycles. The van der Waals surface area contributed by atoms with Crippen molar-refractivity contribution in [3.8, 4) is 0 Å². The van der Waals surface area contributed by atoms with E-state index in [2.05, 4.69) is 0 Å². The number of benzene rings is 2. The van der Waals surface area contributed by atoms with Gasteiger partial charge in [0.25, 0.3) is 0 Å². The van der Waals surface area contributed by atoms with Gasteiger partial charge in [0, 0.05) is 36.1 Å². The lowest BCUT2D eigenvalue weighted by molar-refractivity contribution is 0.319. The molecule has 1 heterocycles.